The van der Waals surface area contributed by atoms with E-state index in [-0.39, 0.29) is 0 Å². The topological polar surface area (TPSA) is 0 Å². The maximum atomic E-state index is 2.33. The lowest BCUT2D eigenvalue weighted by Gasteiger charge is -2.07. The first-order valence-corrected chi connectivity index (χ1v) is 5.28. The number of hydrogen-bond acceptors (Lipinski definition) is 0. The van der Waals surface area contributed by atoms with Gasteiger partial charge in [0.1, 0.15) is 0 Å². The van der Waals surface area contributed by atoms with Crippen LogP contribution in [-0.4, -0.2) is 0 Å². The minimum Gasteiger partial charge on any atom is -0.0845 e. The van der Waals surface area contributed by atoms with E-state index in [2.05, 4.69) is 25.2 Å². The van der Waals surface area contributed by atoms with Gasteiger partial charge in [-0.05, 0) is 38.5 Å². The molecule has 0 bridgehead atoms. The molecule has 0 aliphatic heterocycles. The van der Waals surface area contributed by atoms with Crippen LogP contribution in [0.15, 0.2) is 23.8 Å². The normalized spacial score (nSPS) is 25.2. The van der Waals surface area contributed by atoms with Crippen LogP contribution in [0.2, 0.25) is 0 Å². The minimum atomic E-state index is 1.28. The number of unbranched alkanes of at least 4 members (excludes halogenated alkanes) is 1. The molecule has 0 nitrogen and oxygen atoms in total. The highest BCUT2D eigenvalue weighted by atomic mass is 14.0. The van der Waals surface area contributed by atoms with Gasteiger partial charge >= 0.3 is 0 Å². The summed E-state index contributed by atoms with van der Waals surface area (Å²) in [6.45, 7) is 2.26. The fourth-order valence-corrected chi connectivity index (χ4v) is 1.61. The van der Waals surface area contributed by atoms with Gasteiger partial charge in [-0.15, -0.1) is 0 Å². The molecule has 1 rings (SSSR count). The van der Waals surface area contributed by atoms with Crippen molar-refractivity contribution in [1.29, 1.82) is 0 Å². The van der Waals surface area contributed by atoms with E-state index < -0.39 is 0 Å². The number of hydrogen-bond donors (Lipinski definition) is 0. The zero-order chi connectivity index (χ0) is 8.65. The summed E-state index contributed by atoms with van der Waals surface area (Å²) in [4.78, 5) is 0. The molecule has 0 radical (unpaired) electrons. The molecule has 0 unspecified atom stereocenters. The molecule has 0 saturated carbocycles. The Labute approximate surface area is 76.4 Å². The Morgan fingerprint density at radius 2 is 2.25 bits per heavy atom. The molecule has 12 heavy (non-hydrogen) atoms. The van der Waals surface area contributed by atoms with Crippen molar-refractivity contribution in [3.63, 3.8) is 0 Å². The van der Waals surface area contributed by atoms with Gasteiger partial charge in [-0.1, -0.05) is 37.1 Å². The van der Waals surface area contributed by atoms with Gasteiger partial charge in [0.05, 0.1) is 0 Å². The second-order valence-corrected chi connectivity index (χ2v) is 3.60. The monoisotopic (exact) mass is 164 g/mol. The van der Waals surface area contributed by atoms with Gasteiger partial charge in [0.15, 0.2) is 0 Å². The van der Waals surface area contributed by atoms with Crippen molar-refractivity contribution in [3.05, 3.63) is 23.8 Å². The molecule has 0 aromatic heterocycles. The quantitative estimate of drug-likeness (QED) is 0.585. The van der Waals surface area contributed by atoms with Gasteiger partial charge in [-0.2, -0.15) is 0 Å². The molecule has 1 aliphatic carbocycles. The first-order valence-electron chi connectivity index (χ1n) is 5.28. The lowest BCUT2D eigenvalue weighted by atomic mass is 9.99. The van der Waals surface area contributed by atoms with E-state index in [0.29, 0.717) is 0 Å². The summed E-state index contributed by atoms with van der Waals surface area (Å²) in [5, 5.41) is 0. The molecule has 0 atom stereocenters. The smallest absolute Gasteiger partial charge is 0.0317 e. The first-order chi connectivity index (χ1) is 5.93. The lowest BCUT2D eigenvalue weighted by Crippen LogP contribution is -1.87. The van der Waals surface area contributed by atoms with Gasteiger partial charge < -0.3 is 0 Å². The van der Waals surface area contributed by atoms with Crippen LogP contribution in [-0.2, 0) is 0 Å². The summed E-state index contributed by atoms with van der Waals surface area (Å²) >= 11 is 0. The molecular weight excluding hydrogens is 144 g/mol. The number of allylic oxidation sites excluding steroid dienone is 4. The predicted molar refractivity (Wildman–Crippen MR) is 55.2 cm³/mol. The molecule has 68 valence electrons. The minimum absolute atomic E-state index is 1.28. The zero-order valence-corrected chi connectivity index (χ0v) is 8.18. The van der Waals surface area contributed by atoms with Crippen LogP contribution < -0.4 is 0 Å². The fraction of sp³-hybridized carbons (Fsp3) is 0.667. The van der Waals surface area contributed by atoms with Crippen molar-refractivity contribution >= 4 is 0 Å². The van der Waals surface area contributed by atoms with Gasteiger partial charge in [-0.25, -0.2) is 0 Å². The van der Waals surface area contributed by atoms with E-state index >= 15 is 0 Å². The van der Waals surface area contributed by atoms with Gasteiger partial charge in [0, 0.05) is 0 Å². The molecule has 1 aliphatic rings. The van der Waals surface area contributed by atoms with Crippen LogP contribution in [0.25, 0.3) is 0 Å². The summed E-state index contributed by atoms with van der Waals surface area (Å²) in [6, 6.07) is 0. The average molecular weight is 164 g/mol. The lowest BCUT2D eigenvalue weighted by molar-refractivity contribution is 0.689. The van der Waals surface area contributed by atoms with Crippen molar-refractivity contribution < 1.29 is 0 Å². The second-order valence-electron chi connectivity index (χ2n) is 3.60. The Hall–Kier alpha value is -0.520. The van der Waals surface area contributed by atoms with E-state index in [1.807, 2.05) is 0 Å². The molecule has 0 fully saturated rings. The molecule has 0 aromatic carbocycles. The maximum Gasteiger partial charge on any atom is -0.0317 e. The highest BCUT2D eigenvalue weighted by Crippen LogP contribution is 2.17. The van der Waals surface area contributed by atoms with E-state index in [4.69, 9.17) is 0 Å². The third-order valence-corrected chi connectivity index (χ3v) is 2.44. The van der Waals surface area contributed by atoms with Gasteiger partial charge in [0.2, 0.25) is 0 Å². The highest BCUT2D eigenvalue weighted by molar-refractivity contribution is 5.13. The Morgan fingerprint density at radius 1 is 1.33 bits per heavy atom. The van der Waals surface area contributed by atoms with Crippen molar-refractivity contribution in [3.8, 4) is 0 Å². The Kier molecular flexibility index (Phi) is 4.82. The summed E-state index contributed by atoms with van der Waals surface area (Å²) in [5.41, 5.74) is 1.66. The second kappa shape index (κ2) is 6.05. The predicted octanol–water partition coefficient (Wildman–Crippen LogP) is 4.23. The van der Waals surface area contributed by atoms with Crippen molar-refractivity contribution in [1.82, 2.24) is 0 Å². The van der Waals surface area contributed by atoms with Crippen LogP contribution in [0.1, 0.15) is 51.9 Å². The van der Waals surface area contributed by atoms with E-state index in [1.165, 1.54) is 44.9 Å². The van der Waals surface area contributed by atoms with Crippen molar-refractivity contribution in [2.75, 3.05) is 0 Å². The van der Waals surface area contributed by atoms with Crippen molar-refractivity contribution in [2.24, 2.45) is 0 Å². The third kappa shape index (κ3) is 3.75. The van der Waals surface area contributed by atoms with Crippen molar-refractivity contribution in [2.45, 2.75) is 51.9 Å². The van der Waals surface area contributed by atoms with Gasteiger partial charge in [0.25, 0.3) is 0 Å². The van der Waals surface area contributed by atoms with Crippen LogP contribution in [0.4, 0.5) is 0 Å². The van der Waals surface area contributed by atoms with E-state index in [0.717, 1.165) is 0 Å². The maximum absolute atomic E-state index is 2.33. The Morgan fingerprint density at radius 3 is 3.08 bits per heavy atom. The largest absolute Gasteiger partial charge is 0.0845 e. The van der Waals surface area contributed by atoms with E-state index in [1.54, 1.807) is 5.57 Å². The Balaban J connectivity index is 2.36. The highest BCUT2D eigenvalue weighted by Gasteiger charge is 1.97. The Bertz CT molecular complexity index is 163. The third-order valence-electron chi connectivity index (χ3n) is 2.44. The van der Waals surface area contributed by atoms with Crippen LogP contribution in [0.3, 0.4) is 0 Å². The molecule has 0 spiro atoms. The molecule has 0 saturated heterocycles. The SMILES string of the molecule is CCCC/C1=C/C=C\CCCC1. The zero-order valence-electron chi connectivity index (χ0n) is 8.18. The fourth-order valence-electron chi connectivity index (χ4n) is 1.61. The molecule has 0 aromatic rings. The van der Waals surface area contributed by atoms with E-state index in [9.17, 15) is 0 Å². The summed E-state index contributed by atoms with van der Waals surface area (Å²) in [7, 11) is 0. The molecule has 0 N–H and O–H groups in total. The molecule has 0 heteroatoms. The molecule has 0 amide bonds. The van der Waals surface area contributed by atoms with Crippen LogP contribution >= 0.6 is 0 Å². The summed E-state index contributed by atoms with van der Waals surface area (Å²) in [6.07, 6.45) is 16.2. The molecule has 0 heterocycles. The summed E-state index contributed by atoms with van der Waals surface area (Å²) in [5.74, 6) is 0. The van der Waals surface area contributed by atoms with Crippen LogP contribution in [0.5, 0.6) is 0 Å². The summed E-state index contributed by atoms with van der Waals surface area (Å²) < 4.78 is 0. The van der Waals surface area contributed by atoms with Crippen LogP contribution in [0, 0.1) is 0 Å². The standard InChI is InChI=1S/C12H20/c1-2-3-9-12-10-7-5-4-6-8-11-12/h5,7,10H,2-4,6,8-9,11H2,1H3/b7-5-,12-10-. The first kappa shape index (κ1) is 9.57. The van der Waals surface area contributed by atoms with Gasteiger partial charge in [-0.3, -0.25) is 0 Å². The average Bonchev–Trinajstić information content (AvgIpc) is 2.02. The number of rotatable bonds is 3. The molecular formula is C12H20.